The molecule has 0 radical (unpaired) electrons. The van der Waals surface area contributed by atoms with Crippen molar-refractivity contribution in [2.24, 2.45) is 0 Å². The predicted octanol–water partition coefficient (Wildman–Crippen LogP) is 4.42. The summed E-state index contributed by atoms with van der Waals surface area (Å²) in [7, 11) is -1.88. The van der Waals surface area contributed by atoms with Crippen LogP contribution >= 0.6 is 0 Å². The Balaban J connectivity index is 1.23. The van der Waals surface area contributed by atoms with Crippen LogP contribution in [0.5, 0.6) is 5.88 Å². The first kappa shape index (κ1) is 27.3. The number of nitrogens with one attached hydrogen (secondary N) is 1. The largest absolute Gasteiger partial charge is 0.475 e. The number of aromatic nitrogens is 1. The van der Waals surface area contributed by atoms with E-state index in [1.807, 2.05) is 62.5 Å². The van der Waals surface area contributed by atoms with E-state index in [1.54, 1.807) is 18.3 Å². The van der Waals surface area contributed by atoms with Crippen LogP contribution in [-0.4, -0.2) is 60.1 Å². The van der Waals surface area contributed by atoms with Gasteiger partial charge < -0.3 is 19.5 Å². The summed E-state index contributed by atoms with van der Waals surface area (Å²) >= 11 is 0. The van der Waals surface area contributed by atoms with E-state index in [0.717, 1.165) is 22.4 Å². The summed E-state index contributed by atoms with van der Waals surface area (Å²) in [5, 5.41) is 3.10. The van der Waals surface area contributed by atoms with Gasteiger partial charge in [-0.1, -0.05) is 42.0 Å². The van der Waals surface area contributed by atoms with Gasteiger partial charge in [-0.05, 0) is 48.4 Å². The Morgan fingerprint density at radius 2 is 1.39 bits per heavy atom. The molecule has 0 fully saturated rings. The molecule has 0 aliphatic rings. The van der Waals surface area contributed by atoms with Crippen molar-refractivity contribution in [3.63, 3.8) is 0 Å². The van der Waals surface area contributed by atoms with E-state index in [2.05, 4.69) is 10.3 Å². The summed E-state index contributed by atoms with van der Waals surface area (Å²) < 4.78 is 45.5. The molecule has 2 aromatic carbocycles. The van der Waals surface area contributed by atoms with Gasteiger partial charge in [0, 0.05) is 25.0 Å². The number of pyridine rings is 1. The lowest BCUT2D eigenvalue weighted by Crippen LogP contribution is -2.15. The van der Waals surface area contributed by atoms with E-state index in [1.165, 1.54) is 12.1 Å². The Bertz CT molecular complexity index is 1180. The number of rotatable bonds is 15. The molecule has 3 aromatic rings. The predicted molar refractivity (Wildman–Crippen MR) is 141 cm³/mol. The van der Waals surface area contributed by atoms with E-state index in [-0.39, 0.29) is 18.1 Å². The molecule has 3 rings (SSSR count). The molecule has 1 heterocycles. The molecule has 36 heavy (non-hydrogen) atoms. The van der Waals surface area contributed by atoms with Crippen LogP contribution in [0.25, 0.3) is 12.2 Å². The number of nitrogens with zero attached hydrogens (tertiary/aromatic N) is 1. The minimum atomic E-state index is -3.77. The fourth-order valence-corrected chi connectivity index (χ4v) is 3.92. The van der Waals surface area contributed by atoms with Crippen LogP contribution in [0.3, 0.4) is 0 Å². The van der Waals surface area contributed by atoms with Crippen LogP contribution in [0.15, 0.2) is 71.8 Å². The van der Waals surface area contributed by atoms with Crippen LogP contribution in [0, 0.1) is 6.92 Å². The van der Waals surface area contributed by atoms with Crippen molar-refractivity contribution in [1.82, 2.24) is 4.98 Å². The Labute approximate surface area is 213 Å². The molecule has 0 amide bonds. The second-order valence-electron chi connectivity index (χ2n) is 7.80. The van der Waals surface area contributed by atoms with E-state index in [4.69, 9.17) is 18.4 Å². The van der Waals surface area contributed by atoms with Gasteiger partial charge in [0.15, 0.2) is 0 Å². The Morgan fingerprint density at radius 1 is 0.778 bits per heavy atom. The summed E-state index contributed by atoms with van der Waals surface area (Å²) in [5.41, 5.74) is 4.13. The van der Waals surface area contributed by atoms with Crippen LogP contribution in [0.1, 0.15) is 16.7 Å². The molecule has 9 heteroatoms. The lowest BCUT2D eigenvalue weighted by atomic mass is 10.1. The average molecular weight is 513 g/mol. The second kappa shape index (κ2) is 14.4. The summed E-state index contributed by atoms with van der Waals surface area (Å²) in [6, 6.07) is 18.4. The van der Waals surface area contributed by atoms with E-state index in [9.17, 15) is 8.42 Å². The Kier molecular flexibility index (Phi) is 10.9. The lowest BCUT2D eigenvalue weighted by molar-refractivity contribution is 0.0275. The topological polar surface area (TPSA) is 96.0 Å². The van der Waals surface area contributed by atoms with Crippen LogP contribution < -0.4 is 10.1 Å². The molecule has 0 unspecified atom stereocenters. The highest BCUT2D eigenvalue weighted by Gasteiger charge is 2.14. The van der Waals surface area contributed by atoms with Crippen molar-refractivity contribution in [1.29, 1.82) is 0 Å². The summed E-state index contributed by atoms with van der Waals surface area (Å²) in [6.45, 7) is 3.41. The number of benzene rings is 2. The summed E-state index contributed by atoms with van der Waals surface area (Å²) in [6.07, 6.45) is 5.78. The van der Waals surface area contributed by atoms with Gasteiger partial charge in [0.2, 0.25) is 5.88 Å². The molecular formula is C27H32N2O6S. The zero-order valence-corrected chi connectivity index (χ0v) is 21.4. The number of aryl methyl sites for hydroxylation is 1. The molecule has 0 atom stereocenters. The minimum Gasteiger partial charge on any atom is -0.475 e. The zero-order chi connectivity index (χ0) is 25.6. The lowest BCUT2D eigenvalue weighted by Gasteiger charge is -2.08. The van der Waals surface area contributed by atoms with Gasteiger partial charge in [-0.15, -0.1) is 0 Å². The standard InChI is InChI=1S/C27H32N2O6S/c1-22-3-12-26(13-4-22)36(30,31)35-20-18-33-16-15-32-17-19-34-27-14-9-24(21-29-27)6-5-23-7-10-25(28-2)11-8-23/h3-14,21,28H,15-20H2,1-2H3. The maximum absolute atomic E-state index is 12.1. The fraction of sp³-hybridized carbons (Fsp3) is 0.296. The monoisotopic (exact) mass is 512 g/mol. The van der Waals surface area contributed by atoms with E-state index < -0.39 is 10.1 Å². The normalized spacial score (nSPS) is 11.6. The van der Waals surface area contributed by atoms with Gasteiger partial charge in [-0.25, -0.2) is 4.98 Å². The van der Waals surface area contributed by atoms with Crippen molar-refractivity contribution >= 4 is 28.0 Å². The van der Waals surface area contributed by atoms with Crippen LogP contribution in [0.4, 0.5) is 5.69 Å². The Morgan fingerprint density at radius 3 is 2.03 bits per heavy atom. The summed E-state index contributed by atoms with van der Waals surface area (Å²) in [5.74, 6) is 0.525. The van der Waals surface area contributed by atoms with E-state index >= 15 is 0 Å². The molecule has 192 valence electrons. The molecule has 0 bridgehead atoms. The molecule has 1 N–H and O–H groups in total. The minimum absolute atomic E-state index is 0.0568. The number of ether oxygens (including phenoxy) is 3. The summed E-state index contributed by atoms with van der Waals surface area (Å²) in [4.78, 5) is 4.44. The highest BCUT2D eigenvalue weighted by Crippen LogP contribution is 2.14. The maximum Gasteiger partial charge on any atom is 0.297 e. The third-order valence-corrected chi connectivity index (χ3v) is 6.38. The molecule has 0 saturated carbocycles. The van der Waals surface area contributed by atoms with Gasteiger partial charge in [0.25, 0.3) is 10.1 Å². The zero-order valence-electron chi connectivity index (χ0n) is 20.6. The molecular weight excluding hydrogens is 480 g/mol. The first-order valence-electron chi connectivity index (χ1n) is 11.6. The first-order valence-corrected chi connectivity index (χ1v) is 13.0. The highest BCUT2D eigenvalue weighted by atomic mass is 32.2. The SMILES string of the molecule is CNc1ccc(C=Cc2ccc(OCCOCCOCCOS(=O)(=O)c3ccc(C)cc3)nc2)cc1. The number of hydrogen-bond donors (Lipinski definition) is 1. The molecule has 0 aliphatic carbocycles. The van der Waals surface area contributed by atoms with Crippen molar-refractivity contribution in [3.8, 4) is 5.88 Å². The molecule has 0 aliphatic heterocycles. The third kappa shape index (κ3) is 9.43. The van der Waals surface area contributed by atoms with Gasteiger partial charge in [-0.3, -0.25) is 4.18 Å². The Hall–Kier alpha value is -3.24. The fourth-order valence-electron chi connectivity index (χ4n) is 3.03. The van der Waals surface area contributed by atoms with Crippen molar-refractivity contribution in [3.05, 3.63) is 83.6 Å². The molecule has 0 saturated heterocycles. The van der Waals surface area contributed by atoms with Crippen molar-refractivity contribution in [2.45, 2.75) is 11.8 Å². The van der Waals surface area contributed by atoms with Crippen LogP contribution in [0.2, 0.25) is 0 Å². The maximum atomic E-state index is 12.1. The van der Waals surface area contributed by atoms with Gasteiger partial charge in [0.1, 0.15) is 6.61 Å². The van der Waals surface area contributed by atoms with Crippen molar-refractivity contribution < 1.29 is 26.8 Å². The first-order chi connectivity index (χ1) is 17.5. The highest BCUT2D eigenvalue weighted by molar-refractivity contribution is 7.86. The third-order valence-electron chi connectivity index (χ3n) is 5.05. The second-order valence-corrected chi connectivity index (χ2v) is 9.41. The molecule has 0 spiro atoms. The molecule has 8 nitrogen and oxygen atoms in total. The van der Waals surface area contributed by atoms with Gasteiger partial charge >= 0.3 is 0 Å². The van der Waals surface area contributed by atoms with E-state index in [0.29, 0.717) is 32.3 Å². The number of hydrogen-bond acceptors (Lipinski definition) is 8. The number of anilines is 1. The molecule has 1 aromatic heterocycles. The van der Waals surface area contributed by atoms with Gasteiger partial charge in [-0.2, -0.15) is 8.42 Å². The van der Waals surface area contributed by atoms with Gasteiger partial charge in [0.05, 0.1) is 37.9 Å². The smallest absolute Gasteiger partial charge is 0.297 e. The van der Waals surface area contributed by atoms with Crippen molar-refractivity contribution in [2.75, 3.05) is 52.0 Å². The van der Waals surface area contributed by atoms with Crippen LogP contribution in [-0.2, 0) is 23.8 Å². The quantitative estimate of drug-likeness (QED) is 0.236. The average Bonchev–Trinajstić information content (AvgIpc) is 2.89.